The van der Waals surface area contributed by atoms with Crippen molar-refractivity contribution in [3.05, 3.63) is 35.4 Å². The molecule has 7 heteroatoms. The molecule has 0 unspecified atom stereocenters. The normalized spacial score (nSPS) is 17.8. The number of anilines is 2. The molecule has 3 aromatic rings. The molecule has 186 valence electrons. The minimum atomic E-state index is -0.147. The molecule has 0 bridgehead atoms. The summed E-state index contributed by atoms with van der Waals surface area (Å²) in [5.41, 5.74) is 5.49. The first-order valence-electron chi connectivity index (χ1n) is 12.7. The maximum absolute atomic E-state index is 11.6. The largest absolute Gasteiger partial charge is 0.507 e. The second-order valence-electron chi connectivity index (χ2n) is 11.2. The molecule has 0 atom stereocenters. The van der Waals surface area contributed by atoms with E-state index in [1.807, 2.05) is 12.1 Å². The third-order valence-corrected chi connectivity index (χ3v) is 8.10. The first-order valence-corrected chi connectivity index (χ1v) is 12.7. The van der Waals surface area contributed by atoms with Gasteiger partial charge >= 0.3 is 0 Å². The number of nitrogens with one attached hydrogen (secondary N) is 1. The molecular weight excluding hydrogens is 438 g/mol. The molecule has 2 aliphatic rings. The molecule has 0 aliphatic carbocycles. The minimum absolute atomic E-state index is 0.00583. The van der Waals surface area contributed by atoms with Gasteiger partial charge in [0.2, 0.25) is 0 Å². The second-order valence-corrected chi connectivity index (χ2v) is 11.2. The Bertz CT molecular complexity index is 1270. The van der Waals surface area contributed by atoms with Crippen LogP contribution in [0.3, 0.4) is 0 Å². The van der Waals surface area contributed by atoms with Gasteiger partial charge < -0.3 is 20.0 Å². The molecule has 3 heterocycles. The first kappa shape index (κ1) is 23.5. The number of aromatic amines is 1. The van der Waals surface area contributed by atoms with Crippen molar-refractivity contribution >= 4 is 11.4 Å². The van der Waals surface area contributed by atoms with Crippen LogP contribution in [-0.4, -0.2) is 51.6 Å². The van der Waals surface area contributed by atoms with Gasteiger partial charge in [0.1, 0.15) is 11.5 Å². The summed E-state index contributed by atoms with van der Waals surface area (Å²) in [6.45, 7) is 16.9. The lowest BCUT2D eigenvalue weighted by Gasteiger charge is -2.48. The zero-order valence-electron chi connectivity index (χ0n) is 21.7. The van der Waals surface area contributed by atoms with Crippen molar-refractivity contribution in [2.75, 3.05) is 36.0 Å². The fourth-order valence-electron chi connectivity index (χ4n) is 5.75. The van der Waals surface area contributed by atoms with E-state index >= 15 is 0 Å². The Kier molecular flexibility index (Phi) is 5.49. The van der Waals surface area contributed by atoms with Crippen molar-refractivity contribution in [3.63, 3.8) is 0 Å². The zero-order chi connectivity index (χ0) is 25.1. The molecule has 0 saturated carbocycles. The average molecular weight is 476 g/mol. The maximum atomic E-state index is 11.6. The van der Waals surface area contributed by atoms with Crippen LogP contribution < -0.4 is 9.80 Å². The highest BCUT2D eigenvalue weighted by molar-refractivity contribution is 5.81. The monoisotopic (exact) mass is 475 g/mol. The van der Waals surface area contributed by atoms with Crippen molar-refractivity contribution in [2.45, 2.75) is 65.2 Å². The molecule has 0 amide bonds. The van der Waals surface area contributed by atoms with Gasteiger partial charge in [-0.25, -0.2) is 4.98 Å². The number of aromatic hydroxyl groups is 2. The minimum Gasteiger partial charge on any atom is -0.507 e. The van der Waals surface area contributed by atoms with E-state index in [0.717, 1.165) is 50.3 Å². The van der Waals surface area contributed by atoms with Crippen molar-refractivity contribution in [3.8, 4) is 34.3 Å². The molecule has 3 N–H and O–H groups in total. The molecule has 0 spiro atoms. The Labute approximate surface area is 207 Å². The number of phenols is 2. The first-order chi connectivity index (χ1) is 16.6. The van der Waals surface area contributed by atoms with Crippen LogP contribution in [0, 0.1) is 0 Å². The van der Waals surface area contributed by atoms with Gasteiger partial charge in [0.15, 0.2) is 11.6 Å². The van der Waals surface area contributed by atoms with Crippen LogP contribution in [0.25, 0.3) is 22.8 Å². The topological polar surface area (TPSA) is 88.5 Å². The SMILES string of the molecule is CCN(CC)c1ccc(-c2nc(-c3cc4c5c(c3O)C(C)(C)CCN5CCC4(C)C)n[nH]2)c(O)c1. The number of nitrogens with zero attached hydrogens (tertiary/aromatic N) is 4. The standard InChI is InChI=1S/C28H37N5O2/c1-7-32(8-2)17-9-10-18(21(34)15-17)25-29-26(31-30-25)19-16-20-23-22(24(19)35)28(5,6)12-14-33(23)13-11-27(20,3)4/h9-10,15-16,34-35H,7-8,11-14H2,1-6H3,(H,29,30,31). The summed E-state index contributed by atoms with van der Waals surface area (Å²) < 4.78 is 0. The molecule has 7 nitrogen and oxygen atoms in total. The van der Waals surface area contributed by atoms with Gasteiger partial charge in [-0.1, -0.05) is 27.7 Å². The molecule has 2 aliphatic heterocycles. The van der Waals surface area contributed by atoms with Crippen LogP contribution in [-0.2, 0) is 10.8 Å². The fourth-order valence-corrected chi connectivity index (χ4v) is 5.75. The molecular formula is C28H37N5O2. The molecule has 0 fully saturated rings. The number of rotatable bonds is 5. The summed E-state index contributed by atoms with van der Waals surface area (Å²) >= 11 is 0. The number of phenolic OH excluding ortho intramolecular Hbond substituents is 2. The van der Waals surface area contributed by atoms with E-state index in [1.54, 1.807) is 6.07 Å². The second kappa shape index (κ2) is 8.18. The Morgan fingerprint density at radius 2 is 1.66 bits per heavy atom. The molecule has 2 aromatic carbocycles. The Morgan fingerprint density at radius 1 is 0.971 bits per heavy atom. The number of hydrogen-bond acceptors (Lipinski definition) is 6. The van der Waals surface area contributed by atoms with Gasteiger partial charge in [-0.05, 0) is 61.3 Å². The van der Waals surface area contributed by atoms with Crippen LogP contribution in [0.4, 0.5) is 11.4 Å². The Morgan fingerprint density at radius 3 is 2.31 bits per heavy atom. The van der Waals surface area contributed by atoms with Gasteiger partial charge in [0, 0.05) is 49.2 Å². The van der Waals surface area contributed by atoms with E-state index in [0.29, 0.717) is 22.8 Å². The van der Waals surface area contributed by atoms with Crippen LogP contribution in [0.5, 0.6) is 11.5 Å². The van der Waals surface area contributed by atoms with Gasteiger partial charge in [-0.15, -0.1) is 0 Å². The fraction of sp³-hybridized carbons (Fsp3) is 0.500. The zero-order valence-corrected chi connectivity index (χ0v) is 21.7. The number of H-pyrrole nitrogens is 1. The predicted molar refractivity (Wildman–Crippen MR) is 142 cm³/mol. The molecule has 1 aromatic heterocycles. The van der Waals surface area contributed by atoms with Crippen molar-refractivity contribution < 1.29 is 10.2 Å². The van der Waals surface area contributed by atoms with Gasteiger partial charge in [0.25, 0.3) is 0 Å². The van der Waals surface area contributed by atoms with E-state index in [1.165, 1.54) is 11.3 Å². The highest BCUT2D eigenvalue weighted by Crippen LogP contribution is 2.54. The lowest BCUT2D eigenvalue weighted by Crippen LogP contribution is -2.44. The average Bonchev–Trinajstić information content (AvgIpc) is 3.28. The molecule has 35 heavy (non-hydrogen) atoms. The number of hydrogen-bond donors (Lipinski definition) is 3. The Hall–Kier alpha value is -3.22. The summed E-state index contributed by atoms with van der Waals surface area (Å²) in [7, 11) is 0. The van der Waals surface area contributed by atoms with Crippen LogP contribution in [0.1, 0.15) is 65.5 Å². The van der Waals surface area contributed by atoms with E-state index in [2.05, 4.69) is 67.6 Å². The molecule has 0 radical (unpaired) electrons. The summed E-state index contributed by atoms with van der Waals surface area (Å²) in [6.07, 6.45) is 2.05. The van der Waals surface area contributed by atoms with Crippen molar-refractivity contribution in [1.29, 1.82) is 0 Å². The van der Waals surface area contributed by atoms with E-state index in [4.69, 9.17) is 4.98 Å². The molecule has 0 saturated heterocycles. The highest BCUT2D eigenvalue weighted by Gasteiger charge is 2.42. The highest BCUT2D eigenvalue weighted by atomic mass is 16.3. The van der Waals surface area contributed by atoms with Gasteiger partial charge in [-0.2, -0.15) is 5.10 Å². The summed E-state index contributed by atoms with van der Waals surface area (Å²) in [4.78, 5) is 9.34. The summed E-state index contributed by atoms with van der Waals surface area (Å²) in [6, 6.07) is 7.71. The van der Waals surface area contributed by atoms with Crippen LogP contribution in [0.2, 0.25) is 0 Å². The van der Waals surface area contributed by atoms with E-state index in [-0.39, 0.29) is 22.3 Å². The number of benzene rings is 2. The maximum Gasteiger partial charge on any atom is 0.185 e. The third-order valence-electron chi connectivity index (χ3n) is 8.10. The quantitative estimate of drug-likeness (QED) is 0.447. The van der Waals surface area contributed by atoms with Crippen molar-refractivity contribution in [1.82, 2.24) is 15.2 Å². The van der Waals surface area contributed by atoms with Gasteiger partial charge in [-0.3, -0.25) is 5.10 Å². The molecule has 5 rings (SSSR count). The van der Waals surface area contributed by atoms with Crippen LogP contribution in [0.15, 0.2) is 24.3 Å². The Balaban J connectivity index is 1.61. The van der Waals surface area contributed by atoms with Crippen LogP contribution >= 0.6 is 0 Å². The smallest absolute Gasteiger partial charge is 0.185 e. The summed E-state index contributed by atoms with van der Waals surface area (Å²) in [5.74, 6) is 1.34. The van der Waals surface area contributed by atoms with E-state index < -0.39 is 0 Å². The van der Waals surface area contributed by atoms with Crippen molar-refractivity contribution in [2.24, 2.45) is 0 Å². The number of aromatic nitrogens is 3. The third kappa shape index (κ3) is 3.72. The lowest BCUT2D eigenvalue weighted by atomic mass is 9.68. The van der Waals surface area contributed by atoms with E-state index in [9.17, 15) is 10.2 Å². The predicted octanol–water partition coefficient (Wildman–Crippen LogP) is 5.57. The van der Waals surface area contributed by atoms with Gasteiger partial charge in [0.05, 0.1) is 11.1 Å². The lowest BCUT2D eigenvalue weighted by molar-refractivity contribution is 0.379. The summed E-state index contributed by atoms with van der Waals surface area (Å²) in [5, 5.41) is 29.8.